The highest BCUT2D eigenvalue weighted by Gasteiger charge is 2.22. The Hall–Kier alpha value is -1.56. The maximum absolute atomic E-state index is 5.98. The van der Waals surface area contributed by atoms with Crippen LogP contribution in [0.1, 0.15) is 12.8 Å². The Labute approximate surface area is 101 Å². The fourth-order valence-electron chi connectivity index (χ4n) is 2.06. The first-order valence-electron chi connectivity index (χ1n) is 5.69. The molecule has 0 radical (unpaired) electrons. The molecule has 0 aromatic carbocycles. The van der Waals surface area contributed by atoms with Crippen molar-refractivity contribution in [3.63, 3.8) is 0 Å². The number of rotatable bonds is 3. The molecular weight excluding hydrogens is 220 g/mol. The molecule has 1 aliphatic heterocycles. The van der Waals surface area contributed by atoms with Gasteiger partial charge in [0.25, 0.3) is 0 Å². The van der Waals surface area contributed by atoms with E-state index < -0.39 is 0 Å². The van der Waals surface area contributed by atoms with Crippen molar-refractivity contribution in [1.29, 1.82) is 0 Å². The van der Waals surface area contributed by atoms with Crippen molar-refractivity contribution >= 4 is 11.5 Å². The lowest BCUT2D eigenvalue weighted by Crippen LogP contribution is -2.37. The Morgan fingerprint density at radius 2 is 2.12 bits per heavy atom. The highest BCUT2D eigenvalue weighted by Crippen LogP contribution is 2.29. The van der Waals surface area contributed by atoms with Gasteiger partial charge < -0.3 is 20.1 Å². The van der Waals surface area contributed by atoms with Crippen LogP contribution in [0.5, 0.6) is 5.88 Å². The van der Waals surface area contributed by atoms with E-state index in [0.717, 1.165) is 31.9 Å². The van der Waals surface area contributed by atoms with E-state index in [0.29, 0.717) is 17.6 Å². The molecule has 1 saturated heterocycles. The van der Waals surface area contributed by atoms with Crippen molar-refractivity contribution in [2.45, 2.75) is 18.9 Å². The number of aromatic nitrogens is 2. The Morgan fingerprint density at radius 3 is 2.76 bits per heavy atom. The minimum atomic E-state index is 0.408. The Bertz CT molecular complexity index is 380. The molecule has 1 aromatic rings. The Kier molecular flexibility index (Phi) is 3.63. The average Bonchev–Trinajstić information content (AvgIpc) is 2.39. The first-order valence-corrected chi connectivity index (χ1v) is 5.69. The van der Waals surface area contributed by atoms with Crippen LogP contribution in [-0.4, -0.2) is 43.4 Å². The summed E-state index contributed by atoms with van der Waals surface area (Å²) >= 11 is 0. The van der Waals surface area contributed by atoms with Gasteiger partial charge in [-0.25, -0.2) is 4.98 Å². The van der Waals surface area contributed by atoms with Gasteiger partial charge in [0.2, 0.25) is 5.88 Å². The average molecular weight is 238 g/mol. The second-order valence-corrected chi connectivity index (χ2v) is 4.07. The number of nitrogens with two attached hydrogens (primary N) is 1. The minimum Gasteiger partial charge on any atom is -0.479 e. The SMILES string of the molecule is COc1ncnc(N(C)C2CCOCC2)c1N. The van der Waals surface area contributed by atoms with Gasteiger partial charge in [-0.1, -0.05) is 0 Å². The summed E-state index contributed by atoms with van der Waals surface area (Å²) < 4.78 is 10.4. The van der Waals surface area contributed by atoms with E-state index in [4.69, 9.17) is 15.2 Å². The molecule has 6 nitrogen and oxygen atoms in total. The van der Waals surface area contributed by atoms with Gasteiger partial charge in [-0.15, -0.1) is 0 Å². The zero-order valence-electron chi connectivity index (χ0n) is 10.2. The fraction of sp³-hybridized carbons (Fsp3) is 0.636. The summed E-state index contributed by atoms with van der Waals surface area (Å²) in [5, 5.41) is 0. The molecule has 17 heavy (non-hydrogen) atoms. The summed E-state index contributed by atoms with van der Waals surface area (Å²) in [6.45, 7) is 1.58. The lowest BCUT2D eigenvalue weighted by Gasteiger charge is -2.32. The van der Waals surface area contributed by atoms with Gasteiger partial charge >= 0.3 is 0 Å². The molecule has 2 rings (SSSR count). The van der Waals surface area contributed by atoms with Gasteiger partial charge in [-0.05, 0) is 12.8 Å². The topological polar surface area (TPSA) is 73.5 Å². The van der Waals surface area contributed by atoms with Gasteiger partial charge in [-0.3, -0.25) is 0 Å². The number of nitrogen functional groups attached to an aromatic ring is 1. The fourth-order valence-corrected chi connectivity index (χ4v) is 2.06. The van der Waals surface area contributed by atoms with Crippen LogP contribution in [0.3, 0.4) is 0 Å². The van der Waals surface area contributed by atoms with E-state index >= 15 is 0 Å². The quantitative estimate of drug-likeness (QED) is 0.835. The number of nitrogens with zero attached hydrogens (tertiary/aromatic N) is 3. The van der Waals surface area contributed by atoms with E-state index in [1.54, 1.807) is 7.11 Å². The van der Waals surface area contributed by atoms with Crippen molar-refractivity contribution < 1.29 is 9.47 Å². The van der Waals surface area contributed by atoms with E-state index in [1.165, 1.54) is 6.33 Å². The zero-order valence-corrected chi connectivity index (χ0v) is 10.2. The lowest BCUT2D eigenvalue weighted by atomic mass is 10.1. The highest BCUT2D eigenvalue weighted by atomic mass is 16.5. The van der Waals surface area contributed by atoms with Gasteiger partial charge in [-0.2, -0.15) is 4.98 Å². The zero-order chi connectivity index (χ0) is 12.3. The highest BCUT2D eigenvalue weighted by molar-refractivity contribution is 5.67. The monoisotopic (exact) mass is 238 g/mol. The van der Waals surface area contributed by atoms with Crippen molar-refractivity contribution in [2.75, 3.05) is 38.0 Å². The van der Waals surface area contributed by atoms with Crippen molar-refractivity contribution in [3.8, 4) is 5.88 Å². The summed E-state index contributed by atoms with van der Waals surface area (Å²) in [5.41, 5.74) is 6.47. The minimum absolute atomic E-state index is 0.408. The Balaban J connectivity index is 2.20. The summed E-state index contributed by atoms with van der Waals surface area (Å²) in [5.74, 6) is 1.15. The first kappa shape index (κ1) is 11.9. The van der Waals surface area contributed by atoms with Gasteiger partial charge in [0, 0.05) is 26.3 Å². The number of anilines is 2. The second-order valence-electron chi connectivity index (χ2n) is 4.07. The Morgan fingerprint density at radius 1 is 1.41 bits per heavy atom. The molecule has 2 N–H and O–H groups in total. The predicted octanol–water partition coefficient (Wildman–Crippen LogP) is 0.683. The summed E-state index contributed by atoms with van der Waals surface area (Å²) in [4.78, 5) is 10.3. The van der Waals surface area contributed by atoms with E-state index in [-0.39, 0.29) is 0 Å². The molecule has 0 atom stereocenters. The van der Waals surface area contributed by atoms with Crippen molar-refractivity contribution in [1.82, 2.24) is 9.97 Å². The molecule has 0 aliphatic carbocycles. The smallest absolute Gasteiger partial charge is 0.242 e. The third kappa shape index (κ3) is 2.41. The standard InChI is InChI=1S/C11H18N4O2/c1-15(8-3-5-17-6-4-8)10-9(12)11(16-2)14-7-13-10/h7-8H,3-6,12H2,1-2H3. The van der Waals surface area contributed by atoms with Gasteiger partial charge in [0.1, 0.15) is 12.0 Å². The largest absolute Gasteiger partial charge is 0.479 e. The van der Waals surface area contributed by atoms with E-state index in [9.17, 15) is 0 Å². The lowest BCUT2D eigenvalue weighted by molar-refractivity contribution is 0.0854. The van der Waals surface area contributed by atoms with Crippen LogP contribution < -0.4 is 15.4 Å². The second kappa shape index (κ2) is 5.18. The van der Waals surface area contributed by atoms with Crippen LogP contribution in [0.2, 0.25) is 0 Å². The molecular formula is C11H18N4O2. The molecule has 6 heteroatoms. The molecule has 0 saturated carbocycles. The van der Waals surface area contributed by atoms with Crippen molar-refractivity contribution in [3.05, 3.63) is 6.33 Å². The number of methoxy groups -OCH3 is 1. The molecule has 1 fully saturated rings. The van der Waals surface area contributed by atoms with Crippen LogP contribution in [0.4, 0.5) is 11.5 Å². The maximum atomic E-state index is 5.98. The summed E-state index contributed by atoms with van der Waals surface area (Å²) in [6, 6.07) is 0.408. The number of hydrogen-bond donors (Lipinski definition) is 1. The number of ether oxygens (including phenoxy) is 2. The summed E-state index contributed by atoms with van der Waals surface area (Å²) in [6.07, 6.45) is 3.45. The molecule has 0 spiro atoms. The third-order valence-electron chi connectivity index (χ3n) is 3.09. The molecule has 2 heterocycles. The van der Waals surface area contributed by atoms with Gasteiger partial charge in [0.15, 0.2) is 5.82 Å². The predicted molar refractivity (Wildman–Crippen MR) is 65.2 cm³/mol. The first-order chi connectivity index (χ1) is 8.24. The van der Waals surface area contributed by atoms with E-state index in [2.05, 4.69) is 14.9 Å². The van der Waals surface area contributed by atoms with Crippen LogP contribution in [-0.2, 0) is 4.74 Å². The molecule has 0 unspecified atom stereocenters. The molecule has 0 bridgehead atoms. The normalized spacial score (nSPS) is 16.8. The molecule has 1 aromatic heterocycles. The molecule has 0 amide bonds. The van der Waals surface area contributed by atoms with Gasteiger partial charge in [0.05, 0.1) is 7.11 Å². The molecule has 1 aliphatic rings. The number of hydrogen-bond acceptors (Lipinski definition) is 6. The van der Waals surface area contributed by atoms with Crippen LogP contribution >= 0.6 is 0 Å². The van der Waals surface area contributed by atoms with Crippen LogP contribution in [0, 0.1) is 0 Å². The van der Waals surface area contributed by atoms with Crippen LogP contribution in [0.15, 0.2) is 6.33 Å². The van der Waals surface area contributed by atoms with Crippen molar-refractivity contribution in [2.24, 2.45) is 0 Å². The summed E-state index contributed by atoms with van der Waals surface area (Å²) in [7, 11) is 3.55. The van der Waals surface area contributed by atoms with E-state index in [1.807, 2.05) is 7.05 Å². The maximum Gasteiger partial charge on any atom is 0.242 e. The van der Waals surface area contributed by atoms with Crippen LogP contribution in [0.25, 0.3) is 0 Å². The molecule has 94 valence electrons. The third-order valence-corrected chi connectivity index (χ3v) is 3.09.